The summed E-state index contributed by atoms with van der Waals surface area (Å²) in [4.78, 5) is 12.4. The predicted octanol–water partition coefficient (Wildman–Crippen LogP) is 5.40. The summed E-state index contributed by atoms with van der Waals surface area (Å²) in [6, 6.07) is 23.5. The van der Waals surface area contributed by atoms with Crippen LogP contribution in [0.25, 0.3) is 6.08 Å². The second-order valence-electron chi connectivity index (χ2n) is 5.73. The van der Waals surface area contributed by atoms with E-state index in [0.29, 0.717) is 0 Å². The fourth-order valence-electron chi connectivity index (χ4n) is 2.67. The van der Waals surface area contributed by atoms with Crippen molar-refractivity contribution in [1.82, 2.24) is 5.32 Å². The zero-order valence-electron chi connectivity index (χ0n) is 13.9. The Kier molecular flexibility index (Phi) is 5.82. The van der Waals surface area contributed by atoms with Crippen molar-refractivity contribution in [3.05, 3.63) is 112 Å². The fourth-order valence-corrected chi connectivity index (χ4v) is 2.90. The molecule has 0 aliphatic heterocycles. The van der Waals surface area contributed by atoms with Crippen molar-refractivity contribution in [2.24, 2.45) is 0 Å². The summed E-state index contributed by atoms with van der Waals surface area (Å²) >= 11 is 5.99. The van der Waals surface area contributed by atoms with Gasteiger partial charge in [-0.25, -0.2) is 4.39 Å². The minimum atomic E-state index is -0.468. The summed E-state index contributed by atoms with van der Waals surface area (Å²) in [7, 11) is 0. The molecule has 0 aliphatic carbocycles. The first-order chi connectivity index (χ1) is 12.6. The van der Waals surface area contributed by atoms with Crippen LogP contribution < -0.4 is 5.32 Å². The van der Waals surface area contributed by atoms with Crippen LogP contribution in [0.3, 0.4) is 0 Å². The first-order valence-corrected chi connectivity index (χ1v) is 8.55. The number of hydrogen-bond acceptors (Lipinski definition) is 1. The molecule has 0 spiro atoms. The van der Waals surface area contributed by atoms with Crippen LogP contribution >= 0.6 is 11.6 Å². The maximum atomic E-state index is 13.8. The topological polar surface area (TPSA) is 29.1 Å². The van der Waals surface area contributed by atoms with E-state index in [1.807, 2.05) is 60.7 Å². The lowest BCUT2D eigenvalue weighted by Crippen LogP contribution is -2.27. The highest BCUT2D eigenvalue weighted by Crippen LogP contribution is 2.23. The van der Waals surface area contributed by atoms with Gasteiger partial charge in [0.25, 0.3) is 0 Å². The highest BCUT2D eigenvalue weighted by atomic mass is 35.5. The fraction of sp³-hybridized carbons (Fsp3) is 0.0455. The molecule has 1 amide bonds. The zero-order chi connectivity index (χ0) is 18.4. The molecule has 3 rings (SSSR count). The molecule has 0 atom stereocenters. The Morgan fingerprint density at radius 2 is 1.46 bits per heavy atom. The number of rotatable bonds is 5. The summed E-state index contributed by atoms with van der Waals surface area (Å²) in [5.74, 6) is -0.800. The molecular formula is C22H17ClFNO. The van der Waals surface area contributed by atoms with Crippen molar-refractivity contribution in [3.63, 3.8) is 0 Å². The smallest absolute Gasteiger partial charge is 0.244 e. The van der Waals surface area contributed by atoms with Crippen LogP contribution in [0.4, 0.5) is 4.39 Å². The van der Waals surface area contributed by atoms with Gasteiger partial charge in [0, 0.05) is 11.6 Å². The van der Waals surface area contributed by atoms with E-state index in [2.05, 4.69) is 5.32 Å². The first-order valence-electron chi connectivity index (χ1n) is 8.17. The summed E-state index contributed by atoms with van der Waals surface area (Å²) < 4.78 is 13.8. The molecule has 0 heterocycles. The van der Waals surface area contributed by atoms with E-state index < -0.39 is 5.82 Å². The standard InChI is InChI=1S/C22H17ClFNO/c23-19-12-7-13-20(24)18(19)14-15-21(26)25-22(16-8-3-1-4-9-16)17-10-5-2-6-11-17/h1-15,22H,(H,25,26). The molecule has 0 bridgehead atoms. The van der Waals surface area contributed by atoms with E-state index in [9.17, 15) is 9.18 Å². The monoisotopic (exact) mass is 365 g/mol. The largest absolute Gasteiger partial charge is 0.342 e. The summed E-state index contributed by atoms with van der Waals surface area (Å²) in [5.41, 5.74) is 2.12. The van der Waals surface area contributed by atoms with E-state index in [-0.39, 0.29) is 22.5 Å². The molecule has 0 aliphatic rings. The molecule has 0 radical (unpaired) electrons. The minimum absolute atomic E-state index is 0.195. The van der Waals surface area contributed by atoms with E-state index >= 15 is 0 Å². The van der Waals surface area contributed by atoms with E-state index in [0.717, 1.165) is 11.1 Å². The zero-order valence-corrected chi connectivity index (χ0v) is 14.7. The minimum Gasteiger partial charge on any atom is -0.342 e. The molecule has 0 saturated heterocycles. The Morgan fingerprint density at radius 3 is 2.00 bits per heavy atom. The second-order valence-corrected chi connectivity index (χ2v) is 6.14. The van der Waals surface area contributed by atoms with E-state index in [4.69, 9.17) is 11.6 Å². The third-order valence-corrected chi connectivity index (χ3v) is 4.28. The van der Waals surface area contributed by atoms with Crippen LogP contribution in [-0.2, 0) is 4.79 Å². The van der Waals surface area contributed by atoms with Gasteiger partial charge in [0.2, 0.25) is 5.91 Å². The van der Waals surface area contributed by atoms with E-state index in [1.165, 1.54) is 24.3 Å². The Morgan fingerprint density at radius 1 is 0.885 bits per heavy atom. The number of benzene rings is 3. The van der Waals surface area contributed by atoms with Crippen molar-refractivity contribution in [2.45, 2.75) is 6.04 Å². The van der Waals surface area contributed by atoms with E-state index in [1.54, 1.807) is 6.07 Å². The van der Waals surface area contributed by atoms with Crippen LogP contribution in [0.15, 0.2) is 84.9 Å². The van der Waals surface area contributed by atoms with Gasteiger partial charge in [0.1, 0.15) is 5.82 Å². The summed E-state index contributed by atoms with van der Waals surface area (Å²) in [6.07, 6.45) is 2.68. The predicted molar refractivity (Wildman–Crippen MR) is 103 cm³/mol. The average Bonchev–Trinajstić information content (AvgIpc) is 2.67. The Balaban J connectivity index is 1.83. The molecule has 4 heteroatoms. The van der Waals surface area contributed by atoms with Gasteiger partial charge in [-0.3, -0.25) is 4.79 Å². The first kappa shape index (κ1) is 17.9. The summed E-state index contributed by atoms with van der Waals surface area (Å²) in [5, 5.41) is 3.23. The number of amides is 1. The van der Waals surface area contributed by atoms with Crippen LogP contribution in [0.5, 0.6) is 0 Å². The van der Waals surface area contributed by atoms with Gasteiger partial charge in [0.15, 0.2) is 0 Å². The third kappa shape index (κ3) is 4.38. The Hall–Kier alpha value is -2.91. The SMILES string of the molecule is O=C(C=Cc1c(F)cccc1Cl)NC(c1ccccc1)c1ccccc1. The van der Waals surface area contributed by atoms with Gasteiger partial charge in [-0.2, -0.15) is 0 Å². The van der Waals surface area contributed by atoms with Gasteiger partial charge in [-0.1, -0.05) is 78.3 Å². The van der Waals surface area contributed by atoms with Gasteiger partial charge >= 0.3 is 0 Å². The number of halogens is 2. The number of nitrogens with one attached hydrogen (secondary N) is 1. The van der Waals surface area contributed by atoms with Crippen molar-refractivity contribution in [1.29, 1.82) is 0 Å². The molecule has 3 aromatic carbocycles. The van der Waals surface area contributed by atoms with Crippen LogP contribution in [0, 0.1) is 5.82 Å². The lowest BCUT2D eigenvalue weighted by atomic mass is 9.98. The molecule has 0 saturated carbocycles. The van der Waals surface area contributed by atoms with Crippen molar-refractivity contribution in [2.75, 3.05) is 0 Å². The molecule has 2 nitrogen and oxygen atoms in total. The number of hydrogen-bond donors (Lipinski definition) is 1. The van der Waals surface area contributed by atoms with Crippen molar-refractivity contribution >= 4 is 23.6 Å². The normalized spacial score (nSPS) is 11.0. The van der Waals surface area contributed by atoms with Gasteiger partial charge in [0.05, 0.1) is 11.1 Å². The molecular weight excluding hydrogens is 349 g/mol. The van der Waals surface area contributed by atoms with Crippen LogP contribution in [0.1, 0.15) is 22.7 Å². The number of carbonyl (C=O) groups is 1. The second kappa shape index (κ2) is 8.45. The molecule has 0 aromatic heterocycles. The molecule has 26 heavy (non-hydrogen) atoms. The van der Waals surface area contributed by atoms with Gasteiger partial charge in [-0.15, -0.1) is 0 Å². The number of carbonyl (C=O) groups excluding carboxylic acids is 1. The highest BCUT2D eigenvalue weighted by molar-refractivity contribution is 6.32. The lowest BCUT2D eigenvalue weighted by Gasteiger charge is -2.19. The molecule has 1 N–H and O–H groups in total. The van der Waals surface area contributed by atoms with Gasteiger partial charge < -0.3 is 5.32 Å². The van der Waals surface area contributed by atoms with Crippen molar-refractivity contribution in [3.8, 4) is 0 Å². The van der Waals surface area contributed by atoms with Crippen molar-refractivity contribution < 1.29 is 9.18 Å². The summed E-state index contributed by atoms with van der Waals surface area (Å²) in [6.45, 7) is 0. The lowest BCUT2D eigenvalue weighted by molar-refractivity contribution is -0.116. The molecule has 0 unspecified atom stereocenters. The average molecular weight is 366 g/mol. The maximum absolute atomic E-state index is 13.8. The molecule has 130 valence electrons. The third-order valence-electron chi connectivity index (χ3n) is 3.95. The quantitative estimate of drug-likeness (QED) is 0.603. The van der Waals surface area contributed by atoms with Gasteiger partial charge in [-0.05, 0) is 29.3 Å². The van der Waals surface area contributed by atoms with Crippen LogP contribution in [0.2, 0.25) is 5.02 Å². The van der Waals surface area contributed by atoms with Crippen LogP contribution in [-0.4, -0.2) is 5.91 Å². The maximum Gasteiger partial charge on any atom is 0.244 e. The Bertz CT molecular complexity index is 850. The Labute approximate surface area is 156 Å². The molecule has 0 fully saturated rings. The molecule has 3 aromatic rings. The highest BCUT2D eigenvalue weighted by Gasteiger charge is 2.15.